The Morgan fingerprint density at radius 1 is 0.857 bits per heavy atom. The predicted octanol–water partition coefficient (Wildman–Crippen LogP) is 4.24. The molecule has 79 valence electrons. The van der Waals surface area contributed by atoms with E-state index in [4.69, 9.17) is 66.5 Å². The topological polar surface area (TPSA) is 0 Å². The first-order valence-electron chi connectivity index (χ1n) is 3.29. The third-order valence-electron chi connectivity index (χ3n) is 1.10. The molecule has 0 N–H and O–H groups in total. The van der Waals surface area contributed by atoms with Gasteiger partial charge in [-0.3, -0.25) is 0 Å². The van der Waals surface area contributed by atoms with Gasteiger partial charge in [-0.05, 0) is 5.19 Å². The first-order chi connectivity index (χ1) is 6.34. The van der Waals surface area contributed by atoms with Crippen LogP contribution >= 0.6 is 66.5 Å². The number of benzene rings is 1. The molecular formula is C6H5Cl6Si2. The first-order valence-corrected chi connectivity index (χ1v) is 12.9. The molecule has 0 heterocycles. The lowest BCUT2D eigenvalue weighted by Crippen LogP contribution is -2.29. The summed E-state index contributed by atoms with van der Waals surface area (Å²) < 4.78 is 0. The average Bonchev–Trinajstić information content (AvgIpc) is 2.03. The number of halogens is 6. The summed E-state index contributed by atoms with van der Waals surface area (Å²) >= 11 is 31.9. The predicted molar refractivity (Wildman–Crippen MR) is 72.7 cm³/mol. The highest BCUT2D eigenvalue weighted by Gasteiger charge is 2.26. The van der Waals surface area contributed by atoms with Crippen molar-refractivity contribution in [3.8, 4) is 0 Å². The van der Waals surface area contributed by atoms with Crippen LogP contribution in [0, 0.1) is 0 Å². The molecule has 0 spiro atoms. The lowest BCUT2D eigenvalue weighted by atomic mass is 10.4. The molecule has 0 nitrogen and oxygen atoms in total. The summed E-state index contributed by atoms with van der Waals surface area (Å²) in [5.41, 5.74) is 0. The first kappa shape index (κ1) is 15.4. The molecule has 0 bridgehead atoms. The molecule has 8 heteroatoms. The van der Waals surface area contributed by atoms with E-state index in [1.54, 1.807) is 0 Å². The number of hydrogen-bond donors (Lipinski definition) is 0. The highest BCUT2D eigenvalue weighted by Crippen LogP contribution is 2.18. The second-order valence-electron chi connectivity index (χ2n) is 2.08. The largest absolute Gasteiger partial charge is 0.376 e. The molecule has 0 saturated heterocycles. The van der Waals surface area contributed by atoms with Gasteiger partial charge in [-0.2, -0.15) is 0 Å². The minimum absolute atomic E-state index is 0.833. The molecule has 0 atom stereocenters. The molecular weight excluding hydrogens is 341 g/mol. The maximum absolute atomic E-state index is 5.73. The van der Waals surface area contributed by atoms with Crippen LogP contribution in [0.5, 0.6) is 0 Å². The molecule has 0 fully saturated rings. The van der Waals surface area contributed by atoms with Gasteiger partial charge in [-0.25, -0.2) is 0 Å². The normalized spacial score (nSPS) is 10.8. The average molecular weight is 346 g/mol. The van der Waals surface area contributed by atoms with Crippen LogP contribution in [0.4, 0.5) is 0 Å². The fraction of sp³-hybridized carbons (Fsp3) is 0. The monoisotopic (exact) mass is 343 g/mol. The van der Waals surface area contributed by atoms with Crippen LogP contribution in [0.2, 0.25) is 0 Å². The van der Waals surface area contributed by atoms with E-state index in [0.29, 0.717) is 0 Å². The third-order valence-corrected chi connectivity index (χ3v) is 4.05. The van der Waals surface area contributed by atoms with Crippen molar-refractivity contribution in [2.45, 2.75) is 0 Å². The summed E-state index contributed by atoms with van der Waals surface area (Å²) in [5.74, 6) is 0. The van der Waals surface area contributed by atoms with E-state index < -0.39 is 12.7 Å². The van der Waals surface area contributed by atoms with E-state index in [1.165, 1.54) is 0 Å². The van der Waals surface area contributed by atoms with Crippen LogP contribution < -0.4 is 5.19 Å². The molecule has 0 amide bonds. The molecule has 0 aliphatic heterocycles. The van der Waals surface area contributed by atoms with E-state index >= 15 is 0 Å². The van der Waals surface area contributed by atoms with Gasteiger partial charge in [0.25, 0.3) is 0 Å². The molecule has 1 aromatic rings. The molecule has 0 saturated carbocycles. The Bertz CT molecular complexity index is 243. The third kappa shape index (κ3) is 8.68. The van der Waals surface area contributed by atoms with E-state index in [1.807, 2.05) is 30.3 Å². The number of rotatable bonds is 1. The SMILES string of the molecule is Cl[Si](Cl)(Cl)c1ccccc1.Cl[Si](Cl)Cl. The summed E-state index contributed by atoms with van der Waals surface area (Å²) in [5, 5.41) is 0.833. The van der Waals surface area contributed by atoms with Gasteiger partial charge >= 0.3 is 12.7 Å². The summed E-state index contributed by atoms with van der Waals surface area (Å²) in [6.45, 7) is -1.46. The Balaban J connectivity index is 0.000000364. The lowest BCUT2D eigenvalue weighted by Gasteiger charge is -2.05. The highest BCUT2D eigenvalue weighted by molar-refractivity contribution is 7.69. The fourth-order valence-corrected chi connectivity index (χ4v) is 2.33. The van der Waals surface area contributed by atoms with Gasteiger partial charge in [-0.1, -0.05) is 30.3 Å². The van der Waals surface area contributed by atoms with Crippen molar-refractivity contribution in [3.05, 3.63) is 30.3 Å². The summed E-state index contributed by atoms with van der Waals surface area (Å²) in [7, 11) is 0. The lowest BCUT2D eigenvalue weighted by molar-refractivity contribution is 1.77. The van der Waals surface area contributed by atoms with Crippen LogP contribution in [-0.4, -0.2) is 12.7 Å². The van der Waals surface area contributed by atoms with Gasteiger partial charge in [0.1, 0.15) is 0 Å². The Morgan fingerprint density at radius 3 is 1.43 bits per heavy atom. The zero-order valence-electron chi connectivity index (χ0n) is 6.65. The molecule has 0 aliphatic rings. The van der Waals surface area contributed by atoms with Crippen molar-refractivity contribution in [1.82, 2.24) is 0 Å². The van der Waals surface area contributed by atoms with Gasteiger partial charge in [-0.15, -0.1) is 66.5 Å². The van der Waals surface area contributed by atoms with E-state index in [2.05, 4.69) is 0 Å². The maximum Gasteiger partial charge on any atom is 0.376 e. The summed E-state index contributed by atoms with van der Waals surface area (Å²) in [6, 6.07) is 6.68. The minimum atomic E-state index is -2.62. The maximum atomic E-state index is 5.73. The van der Waals surface area contributed by atoms with E-state index in [0.717, 1.165) is 5.19 Å². The van der Waals surface area contributed by atoms with Crippen molar-refractivity contribution in [2.24, 2.45) is 0 Å². The Kier molecular flexibility index (Phi) is 8.39. The molecule has 1 radical (unpaired) electrons. The van der Waals surface area contributed by atoms with Crippen LogP contribution in [0.15, 0.2) is 30.3 Å². The Labute approximate surface area is 114 Å². The van der Waals surface area contributed by atoms with Crippen molar-refractivity contribution in [1.29, 1.82) is 0 Å². The second kappa shape index (κ2) is 7.63. The zero-order chi connectivity index (χ0) is 11.2. The van der Waals surface area contributed by atoms with Gasteiger partial charge in [0.15, 0.2) is 0 Å². The van der Waals surface area contributed by atoms with Gasteiger partial charge < -0.3 is 0 Å². The second-order valence-corrected chi connectivity index (χ2v) is 16.1. The smallest absolute Gasteiger partial charge is 0.125 e. The van der Waals surface area contributed by atoms with Crippen molar-refractivity contribution >= 4 is 84.4 Å². The van der Waals surface area contributed by atoms with Gasteiger partial charge in [0.2, 0.25) is 0 Å². The fourth-order valence-electron chi connectivity index (χ4n) is 0.627. The Morgan fingerprint density at radius 2 is 1.21 bits per heavy atom. The van der Waals surface area contributed by atoms with Crippen molar-refractivity contribution in [2.75, 3.05) is 0 Å². The molecule has 14 heavy (non-hydrogen) atoms. The molecule has 0 aromatic heterocycles. The van der Waals surface area contributed by atoms with Crippen LogP contribution in [-0.2, 0) is 0 Å². The number of hydrogen-bond acceptors (Lipinski definition) is 0. The quantitative estimate of drug-likeness (QED) is 0.527. The van der Waals surface area contributed by atoms with Crippen molar-refractivity contribution < 1.29 is 0 Å². The zero-order valence-corrected chi connectivity index (χ0v) is 13.2. The van der Waals surface area contributed by atoms with Crippen LogP contribution in [0.25, 0.3) is 0 Å². The molecule has 1 aromatic carbocycles. The van der Waals surface area contributed by atoms with Gasteiger partial charge in [0.05, 0.1) is 0 Å². The van der Waals surface area contributed by atoms with Gasteiger partial charge in [0, 0.05) is 0 Å². The summed E-state index contributed by atoms with van der Waals surface area (Å²) in [6.07, 6.45) is 0. The molecule has 1 rings (SSSR count). The Hall–Kier alpha value is 1.39. The van der Waals surface area contributed by atoms with Crippen LogP contribution in [0.1, 0.15) is 0 Å². The van der Waals surface area contributed by atoms with Crippen molar-refractivity contribution in [3.63, 3.8) is 0 Å². The highest BCUT2D eigenvalue weighted by atomic mass is 35.8. The van der Waals surface area contributed by atoms with Crippen LogP contribution in [0.3, 0.4) is 0 Å². The standard InChI is InChI=1S/C6H5Cl3Si.Cl3Si/c7-10(8,9)6-4-2-1-3-5-6;1-4(2)3/h1-5H;. The molecule has 0 unspecified atom stereocenters. The molecule has 0 aliphatic carbocycles. The summed E-state index contributed by atoms with van der Waals surface area (Å²) in [4.78, 5) is 0. The van der Waals surface area contributed by atoms with E-state index in [9.17, 15) is 0 Å². The van der Waals surface area contributed by atoms with E-state index in [-0.39, 0.29) is 0 Å². The minimum Gasteiger partial charge on any atom is -0.125 e.